The summed E-state index contributed by atoms with van der Waals surface area (Å²) in [5.74, 6) is -1.96. The van der Waals surface area contributed by atoms with Crippen LogP contribution in [0.3, 0.4) is 0 Å². The molecule has 0 aliphatic heterocycles. The van der Waals surface area contributed by atoms with Gasteiger partial charge < -0.3 is 10.0 Å². The summed E-state index contributed by atoms with van der Waals surface area (Å²) in [7, 11) is -4.29. The fourth-order valence-electron chi connectivity index (χ4n) is 1.91. The van der Waals surface area contributed by atoms with Crippen LogP contribution in [0.2, 0.25) is 0 Å². The minimum absolute atomic E-state index is 0.151. The van der Waals surface area contributed by atoms with Crippen molar-refractivity contribution in [3.05, 3.63) is 34.4 Å². The fourth-order valence-corrected chi connectivity index (χ4v) is 3.05. The number of carboxylic acid groups (broad SMARTS) is 1. The molecule has 11 heteroatoms. The van der Waals surface area contributed by atoms with Crippen LogP contribution in [-0.4, -0.2) is 54.9 Å². The predicted molar refractivity (Wildman–Crippen MR) is 82.8 cm³/mol. The molecule has 0 aliphatic rings. The van der Waals surface area contributed by atoms with E-state index in [2.05, 4.69) is 0 Å². The number of hydrogen-bond donors (Lipinski definition) is 2. The van der Waals surface area contributed by atoms with E-state index in [0.717, 1.165) is 17.0 Å². The van der Waals surface area contributed by atoms with E-state index in [4.69, 9.17) is 5.11 Å². The first-order valence-electron chi connectivity index (χ1n) is 6.91. The summed E-state index contributed by atoms with van der Waals surface area (Å²) in [6, 6.07) is 4.71. The quantitative estimate of drug-likeness (QED) is 0.472. The van der Waals surface area contributed by atoms with Gasteiger partial charge in [0.25, 0.3) is 5.69 Å². The highest BCUT2D eigenvalue weighted by Gasteiger charge is 2.26. The number of sulfonamides is 1. The summed E-state index contributed by atoms with van der Waals surface area (Å²) in [5, 5.41) is 19.6. The number of carbonyl (C=O) groups excluding carboxylic acids is 1. The Hall–Kier alpha value is -2.53. The van der Waals surface area contributed by atoms with Crippen molar-refractivity contribution in [2.45, 2.75) is 18.2 Å². The zero-order valence-corrected chi connectivity index (χ0v) is 13.7. The first-order chi connectivity index (χ1) is 11.2. The van der Waals surface area contributed by atoms with Gasteiger partial charge in [-0.25, -0.2) is 13.1 Å². The van der Waals surface area contributed by atoms with E-state index in [0.29, 0.717) is 6.42 Å². The molecule has 0 aromatic heterocycles. The van der Waals surface area contributed by atoms with Crippen LogP contribution in [0.1, 0.15) is 13.3 Å². The Morgan fingerprint density at radius 1 is 1.33 bits per heavy atom. The highest BCUT2D eigenvalue weighted by Crippen LogP contribution is 2.22. The maximum absolute atomic E-state index is 12.2. The normalized spacial score (nSPS) is 11.0. The number of aliphatic carboxylic acids is 1. The van der Waals surface area contributed by atoms with Crippen molar-refractivity contribution < 1.29 is 28.0 Å². The number of carbonyl (C=O) groups is 2. The van der Waals surface area contributed by atoms with Crippen LogP contribution in [0.15, 0.2) is 29.2 Å². The average Bonchev–Trinajstić information content (AvgIpc) is 2.52. The van der Waals surface area contributed by atoms with E-state index in [1.807, 2.05) is 4.72 Å². The van der Waals surface area contributed by atoms with Crippen LogP contribution in [0.4, 0.5) is 5.69 Å². The number of nitrogens with one attached hydrogen (secondary N) is 1. The summed E-state index contributed by atoms with van der Waals surface area (Å²) in [6.45, 7) is 0.638. The minimum atomic E-state index is -4.29. The second kappa shape index (κ2) is 8.36. The first kappa shape index (κ1) is 19.5. The SMILES string of the molecule is CCCN(CC(=O)O)C(=O)CNS(=O)(=O)c1ccccc1[N+](=O)[O-]. The highest BCUT2D eigenvalue weighted by molar-refractivity contribution is 7.89. The van der Waals surface area contributed by atoms with Crippen molar-refractivity contribution in [3.8, 4) is 0 Å². The molecule has 0 fully saturated rings. The van der Waals surface area contributed by atoms with E-state index in [9.17, 15) is 28.1 Å². The summed E-state index contributed by atoms with van der Waals surface area (Å²) < 4.78 is 26.3. The van der Waals surface area contributed by atoms with E-state index < -0.39 is 50.5 Å². The Labute approximate surface area is 138 Å². The number of hydrogen-bond acceptors (Lipinski definition) is 6. The Kier molecular flexibility index (Phi) is 6.80. The molecular formula is C13H17N3O7S. The Morgan fingerprint density at radius 2 is 1.96 bits per heavy atom. The van der Waals surface area contributed by atoms with Crippen molar-refractivity contribution in [2.75, 3.05) is 19.6 Å². The van der Waals surface area contributed by atoms with Crippen LogP contribution in [0.5, 0.6) is 0 Å². The van der Waals surface area contributed by atoms with Crippen LogP contribution < -0.4 is 4.72 Å². The molecule has 0 aliphatic carbocycles. The second-order valence-corrected chi connectivity index (χ2v) is 6.49. The van der Waals surface area contributed by atoms with Crippen LogP contribution in [-0.2, 0) is 19.6 Å². The number of para-hydroxylation sites is 1. The summed E-state index contributed by atoms with van der Waals surface area (Å²) in [6.07, 6.45) is 0.496. The van der Waals surface area contributed by atoms with Crippen LogP contribution in [0.25, 0.3) is 0 Å². The van der Waals surface area contributed by atoms with Gasteiger partial charge in [0.2, 0.25) is 15.9 Å². The summed E-state index contributed by atoms with van der Waals surface area (Å²) in [4.78, 5) is 33.2. The third-order valence-electron chi connectivity index (χ3n) is 2.94. The molecule has 0 heterocycles. The molecule has 0 radical (unpaired) electrons. The number of nitro groups is 1. The number of amides is 1. The van der Waals surface area contributed by atoms with Crippen molar-refractivity contribution in [2.24, 2.45) is 0 Å². The van der Waals surface area contributed by atoms with Crippen molar-refractivity contribution in [1.29, 1.82) is 0 Å². The molecule has 2 N–H and O–H groups in total. The lowest BCUT2D eigenvalue weighted by atomic mass is 10.3. The molecule has 1 aromatic carbocycles. The largest absolute Gasteiger partial charge is 0.480 e. The highest BCUT2D eigenvalue weighted by atomic mass is 32.2. The summed E-state index contributed by atoms with van der Waals surface area (Å²) >= 11 is 0. The van der Waals surface area contributed by atoms with Crippen LogP contribution in [0, 0.1) is 10.1 Å². The molecular weight excluding hydrogens is 342 g/mol. The van der Waals surface area contributed by atoms with E-state index >= 15 is 0 Å². The molecule has 132 valence electrons. The maximum Gasteiger partial charge on any atom is 0.323 e. The molecule has 0 saturated heterocycles. The molecule has 0 saturated carbocycles. The molecule has 1 amide bonds. The number of benzene rings is 1. The van der Waals surface area contributed by atoms with Gasteiger partial charge in [0, 0.05) is 12.6 Å². The zero-order valence-electron chi connectivity index (χ0n) is 12.8. The van der Waals surface area contributed by atoms with E-state index in [1.54, 1.807) is 6.92 Å². The lowest BCUT2D eigenvalue weighted by Crippen LogP contribution is -2.42. The fraction of sp³-hybridized carbons (Fsp3) is 0.385. The number of nitro benzene ring substituents is 1. The third kappa shape index (κ3) is 5.28. The van der Waals surface area contributed by atoms with Gasteiger partial charge in [-0.05, 0) is 12.5 Å². The first-order valence-corrected chi connectivity index (χ1v) is 8.40. The molecule has 1 aromatic rings. The zero-order chi connectivity index (χ0) is 18.3. The molecule has 0 unspecified atom stereocenters. The molecule has 10 nitrogen and oxygen atoms in total. The van der Waals surface area contributed by atoms with Gasteiger partial charge in [-0.15, -0.1) is 0 Å². The number of nitrogens with zero attached hydrogens (tertiary/aromatic N) is 2. The maximum atomic E-state index is 12.2. The Morgan fingerprint density at radius 3 is 2.50 bits per heavy atom. The van der Waals surface area contributed by atoms with E-state index in [1.165, 1.54) is 12.1 Å². The molecule has 0 atom stereocenters. The standard InChI is InChI=1S/C13H17N3O7S/c1-2-7-15(9-13(18)19)12(17)8-14-24(22,23)11-6-4-3-5-10(11)16(20)21/h3-6,14H,2,7-9H2,1H3,(H,18,19). The molecule has 0 bridgehead atoms. The van der Waals surface area contributed by atoms with Gasteiger partial charge in [-0.1, -0.05) is 19.1 Å². The Balaban J connectivity index is 2.90. The molecule has 0 spiro atoms. The minimum Gasteiger partial charge on any atom is -0.480 e. The Bertz CT molecular complexity index is 733. The van der Waals surface area contributed by atoms with Crippen molar-refractivity contribution >= 4 is 27.6 Å². The van der Waals surface area contributed by atoms with Crippen molar-refractivity contribution in [1.82, 2.24) is 9.62 Å². The lowest BCUT2D eigenvalue weighted by molar-refractivity contribution is -0.387. The van der Waals surface area contributed by atoms with Crippen molar-refractivity contribution in [3.63, 3.8) is 0 Å². The molecule has 1 rings (SSSR count). The number of rotatable bonds is 9. The van der Waals surface area contributed by atoms with Gasteiger partial charge in [0.05, 0.1) is 11.5 Å². The lowest BCUT2D eigenvalue weighted by Gasteiger charge is -2.20. The topological polar surface area (TPSA) is 147 Å². The predicted octanol–water partition coefficient (Wildman–Crippen LogP) is 0.196. The smallest absolute Gasteiger partial charge is 0.323 e. The van der Waals surface area contributed by atoms with Gasteiger partial charge in [0.15, 0.2) is 4.90 Å². The second-order valence-electron chi connectivity index (χ2n) is 4.76. The van der Waals surface area contributed by atoms with E-state index in [-0.39, 0.29) is 6.54 Å². The monoisotopic (exact) mass is 359 g/mol. The van der Waals surface area contributed by atoms with Gasteiger partial charge >= 0.3 is 5.97 Å². The van der Waals surface area contributed by atoms with Gasteiger partial charge in [-0.2, -0.15) is 0 Å². The van der Waals surface area contributed by atoms with Gasteiger partial charge in [-0.3, -0.25) is 19.7 Å². The number of carboxylic acids is 1. The summed E-state index contributed by atoms with van der Waals surface area (Å²) in [5.41, 5.74) is -0.617. The molecule has 24 heavy (non-hydrogen) atoms. The van der Waals surface area contributed by atoms with Crippen LogP contribution >= 0.6 is 0 Å². The average molecular weight is 359 g/mol. The third-order valence-corrected chi connectivity index (χ3v) is 4.39. The van der Waals surface area contributed by atoms with Gasteiger partial charge in [0.1, 0.15) is 6.54 Å².